The first-order chi connectivity index (χ1) is 15.7. The number of aliphatic imine (C=N–C) groups is 1. The third-order valence-corrected chi connectivity index (χ3v) is 5.22. The number of carbonyl (C=O) groups excluding carboxylic acids is 2. The summed E-state index contributed by atoms with van der Waals surface area (Å²) in [5.74, 6) is -0.115. The quantitative estimate of drug-likeness (QED) is 0.436. The highest BCUT2D eigenvalue weighted by Crippen LogP contribution is 2.22. The summed E-state index contributed by atoms with van der Waals surface area (Å²) in [5.41, 5.74) is 4.72. The van der Waals surface area contributed by atoms with Crippen LogP contribution in [0.4, 0.5) is 5.95 Å². The highest BCUT2D eigenvalue weighted by molar-refractivity contribution is 6.15. The maximum atomic E-state index is 12.8. The molecule has 0 radical (unpaired) electrons. The second-order valence-electron chi connectivity index (χ2n) is 7.42. The smallest absolute Gasteiger partial charge is 0.259 e. The van der Waals surface area contributed by atoms with Crippen molar-refractivity contribution in [3.63, 3.8) is 0 Å². The van der Waals surface area contributed by atoms with Crippen molar-refractivity contribution >= 4 is 34.4 Å². The Labute approximate surface area is 184 Å². The summed E-state index contributed by atoms with van der Waals surface area (Å²) in [6, 6.07) is 18.6. The lowest BCUT2D eigenvalue weighted by atomic mass is 10.0. The van der Waals surface area contributed by atoms with Crippen molar-refractivity contribution in [1.82, 2.24) is 15.0 Å². The average molecular weight is 421 g/mol. The number of nitrogens with zero attached hydrogens (tertiary/aromatic N) is 3. The van der Waals surface area contributed by atoms with Crippen LogP contribution in [0.25, 0.3) is 22.3 Å². The Morgan fingerprint density at radius 3 is 2.62 bits per heavy atom. The zero-order valence-corrected chi connectivity index (χ0v) is 17.1. The van der Waals surface area contributed by atoms with Crippen LogP contribution in [0.2, 0.25) is 0 Å². The van der Waals surface area contributed by atoms with Crippen molar-refractivity contribution < 1.29 is 9.59 Å². The number of aromatic nitrogens is 3. The van der Waals surface area contributed by atoms with Crippen LogP contribution in [0.5, 0.6) is 0 Å². The third kappa shape index (κ3) is 3.96. The van der Waals surface area contributed by atoms with E-state index in [0.29, 0.717) is 28.6 Å². The minimum atomic E-state index is -0.338. The SMILES string of the molecule is O=C(Nc1nc2c(C(=O)CC3=NC=CC3)cccc2[nH]1)c1ccc(-c2ccccc2)nc1. The molecule has 0 aliphatic carbocycles. The maximum Gasteiger partial charge on any atom is 0.259 e. The summed E-state index contributed by atoms with van der Waals surface area (Å²) in [4.78, 5) is 41.6. The number of nitrogens with one attached hydrogen (secondary N) is 2. The number of para-hydroxylation sites is 1. The monoisotopic (exact) mass is 421 g/mol. The molecule has 7 nitrogen and oxygen atoms in total. The molecule has 3 heterocycles. The Balaban J connectivity index is 1.34. The summed E-state index contributed by atoms with van der Waals surface area (Å²) < 4.78 is 0. The van der Waals surface area contributed by atoms with E-state index in [2.05, 4.69) is 25.3 Å². The number of imidazole rings is 1. The molecule has 1 aliphatic heterocycles. The Hall–Kier alpha value is -4.39. The Bertz CT molecular complexity index is 1370. The second-order valence-corrected chi connectivity index (χ2v) is 7.42. The topological polar surface area (TPSA) is 100 Å². The van der Waals surface area contributed by atoms with E-state index in [9.17, 15) is 9.59 Å². The molecule has 1 amide bonds. The Kier molecular flexibility index (Phi) is 5.13. The predicted octanol–water partition coefficient (Wildman–Crippen LogP) is 4.81. The molecule has 0 fully saturated rings. The zero-order chi connectivity index (χ0) is 21.9. The summed E-state index contributed by atoms with van der Waals surface area (Å²) in [6.07, 6.45) is 6.12. The first-order valence-electron chi connectivity index (χ1n) is 10.2. The number of anilines is 1. The normalized spacial score (nSPS) is 12.7. The van der Waals surface area contributed by atoms with E-state index >= 15 is 0 Å². The highest BCUT2D eigenvalue weighted by Gasteiger charge is 2.17. The van der Waals surface area contributed by atoms with Gasteiger partial charge in [0.1, 0.15) is 5.52 Å². The van der Waals surface area contributed by atoms with Crippen LogP contribution < -0.4 is 5.32 Å². The minimum Gasteiger partial charge on any atom is -0.324 e. The second kappa shape index (κ2) is 8.39. The molecule has 156 valence electrons. The van der Waals surface area contributed by atoms with Gasteiger partial charge in [-0.25, -0.2) is 4.98 Å². The van der Waals surface area contributed by atoms with E-state index in [0.717, 1.165) is 17.0 Å². The van der Waals surface area contributed by atoms with Crippen LogP contribution in [-0.2, 0) is 0 Å². The van der Waals surface area contributed by atoms with Gasteiger partial charge in [0.2, 0.25) is 5.95 Å². The molecule has 0 saturated carbocycles. The fourth-order valence-electron chi connectivity index (χ4n) is 3.60. The molecule has 4 aromatic rings. The lowest BCUT2D eigenvalue weighted by Crippen LogP contribution is -2.13. The van der Waals surface area contributed by atoms with Crippen LogP contribution in [0.3, 0.4) is 0 Å². The van der Waals surface area contributed by atoms with Gasteiger partial charge in [0.05, 0.1) is 16.8 Å². The van der Waals surface area contributed by atoms with Gasteiger partial charge in [0.25, 0.3) is 5.91 Å². The number of H-pyrrole nitrogens is 1. The summed E-state index contributed by atoms with van der Waals surface area (Å²) in [5, 5.41) is 2.76. The molecule has 0 unspecified atom stereocenters. The molecule has 2 aromatic heterocycles. The standard InChI is InChI=1S/C25H19N5O2/c31-22(14-18-8-5-13-26-18)19-9-4-10-21-23(19)29-25(28-21)30-24(32)17-11-12-20(27-15-17)16-6-2-1-3-7-16/h1-7,9-13,15H,8,14H2,(H2,28,29,30,32). The van der Waals surface area contributed by atoms with Crippen LogP contribution >= 0.6 is 0 Å². The van der Waals surface area contributed by atoms with Crippen molar-refractivity contribution in [3.05, 3.63) is 90.3 Å². The summed E-state index contributed by atoms with van der Waals surface area (Å²) in [6.45, 7) is 0. The van der Waals surface area contributed by atoms with Gasteiger partial charge in [-0.2, -0.15) is 0 Å². The zero-order valence-electron chi connectivity index (χ0n) is 17.1. The van der Waals surface area contributed by atoms with Gasteiger partial charge in [-0.15, -0.1) is 0 Å². The van der Waals surface area contributed by atoms with Crippen molar-refractivity contribution in [3.8, 4) is 11.3 Å². The van der Waals surface area contributed by atoms with Crippen molar-refractivity contribution in [1.29, 1.82) is 0 Å². The molecule has 2 aromatic carbocycles. The van der Waals surface area contributed by atoms with Crippen LogP contribution in [-0.4, -0.2) is 32.4 Å². The van der Waals surface area contributed by atoms with Crippen molar-refractivity contribution in [2.75, 3.05) is 5.32 Å². The molecule has 0 bridgehead atoms. The first kappa shape index (κ1) is 19.6. The number of fused-ring (bicyclic) bond motifs is 1. The van der Waals surface area contributed by atoms with Gasteiger partial charge in [0, 0.05) is 42.1 Å². The predicted molar refractivity (Wildman–Crippen MR) is 124 cm³/mol. The van der Waals surface area contributed by atoms with Crippen molar-refractivity contribution in [2.45, 2.75) is 12.8 Å². The van der Waals surface area contributed by atoms with E-state index in [-0.39, 0.29) is 24.1 Å². The number of hydrogen-bond donors (Lipinski definition) is 2. The molecule has 2 N–H and O–H groups in total. The van der Waals surface area contributed by atoms with Gasteiger partial charge < -0.3 is 4.98 Å². The fraction of sp³-hybridized carbons (Fsp3) is 0.0800. The van der Waals surface area contributed by atoms with E-state index in [1.807, 2.05) is 42.5 Å². The molecule has 32 heavy (non-hydrogen) atoms. The largest absolute Gasteiger partial charge is 0.324 e. The molecule has 0 atom stereocenters. The number of carbonyl (C=O) groups is 2. The number of ketones is 1. The minimum absolute atomic E-state index is 0.0527. The average Bonchev–Trinajstić information content (AvgIpc) is 3.48. The summed E-state index contributed by atoms with van der Waals surface area (Å²) in [7, 11) is 0. The molecule has 7 heteroatoms. The first-order valence-corrected chi connectivity index (χ1v) is 10.2. The lowest BCUT2D eigenvalue weighted by molar-refractivity contribution is 0.0999. The molecule has 1 aliphatic rings. The van der Waals surface area contributed by atoms with Crippen LogP contribution in [0.1, 0.15) is 33.6 Å². The van der Waals surface area contributed by atoms with Gasteiger partial charge in [-0.05, 0) is 24.3 Å². The molecule has 0 saturated heterocycles. The number of aromatic amines is 1. The van der Waals surface area contributed by atoms with Crippen LogP contribution in [0.15, 0.2) is 84.1 Å². The van der Waals surface area contributed by atoms with Gasteiger partial charge in [-0.3, -0.25) is 24.9 Å². The highest BCUT2D eigenvalue weighted by atomic mass is 16.1. The molecule has 5 rings (SSSR count). The summed E-state index contributed by atoms with van der Waals surface area (Å²) >= 11 is 0. The van der Waals surface area contributed by atoms with Gasteiger partial charge >= 0.3 is 0 Å². The van der Waals surface area contributed by atoms with E-state index in [4.69, 9.17) is 0 Å². The maximum absolute atomic E-state index is 12.8. The number of benzene rings is 2. The number of rotatable bonds is 6. The van der Waals surface area contributed by atoms with Crippen molar-refractivity contribution in [2.24, 2.45) is 4.99 Å². The number of Topliss-reactive ketones (excluding diaryl/α,β-unsaturated/α-hetero) is 1. The van der Waals surface area contributed by atoms with E-state index < -0.39 is 0 Å². The van der Waals surface area contributed by atoms with Crippen LogP contribution in [0, 0.1) is 0 Å². The molecular weight excluding hydrogens is 402 g/mol. The fourth-order valence-corrected chi connectivity index (χ4v) is 3.60. The third-order valence-electron chi connectivity index (χ3n) is 5.22. The number of allylic oxidation sites excluding steroid dienone is 1. The van der Waals surface area contributed by atoms with Gasteiger partial charge in [0.15, 0.2) is 5.78 Å². The van der Waals surface area contributed by atoms with E-state index in [1.165, 1.54) is 6.20 Å². The molecule has 0 spiro atoms. The number of hydrogen-bond acceptors (Lipinski definition) is 5. The lowest BCUT2D eigenvalue weighted by Gasteiger charge is -2.04. The Morgan fingerprint density at radius 1 is 1.00 bits per heavy atom. The number of pyridine rings is 1. The Morgan fingerprint density at radius 2 is 1.88 bits per heavy atom. The number of amides is 1. The van der Waals surface area contributed by atoms with E-state index in [1.54, 1.807) is 30.5 Å². The molecular formula is C25H19N5O2. The van der Waals surface area contributed by atoms with Gasteiger partial charge in [-0.1, -0.05) is 42.5 Å².